The van der Waals surface area contributed by atoms with Crippen molar-refractivity contribution in [3.8, 4) is 0 Å². The second-order valence-electron chi connectivity index (χ2n) is 8.87. The predicted molar refractivity (Wildman–Crippen MR) is 91.5 cm³/mol. The Labute approximate surface area is 150 Å². The third-order valence-electron chi connectivity index (χ3n) is 6.49. The van der Waals surface area contributed by atoms with Gasteiger partial charge in [0.15, 0.2) is 0 Å². The molecule has 0 saturated heterocycles. The molecule has 1 amide bonds. The molecule has 1 heterocycles. The Morgan fingerprint density at radius 1 is 1.21 bits per heavy atom. The second-order valence-corrected chi connectivity index (χ2v) is 10.6. The molecule has 24 heavy (non-hydrogen) atoms. The van der Waals surface area contributed by atoms with Crippen molar-refractivity contribution < 1.29 is 9.21 Å². The smallest absolute Gasteiger partial charge is 0.235 e. The van der Waals surface area contributed by atoms with Gasteiger partial charge in [0.25, 0.3) is 0 Å². The first kappa shape index (κ1) is 15.4. The van der Waals surface area contributed by atoms with Gasteiger partial charge in [0.2, 0.25) is 17.7 Å². The molecule has 2 atom stereocenters. The summed E-state index contributed by atoms with van der Waals surface area (Å²) >= 11 is 4.02. The summed E-state index contributed by atoms with van der Waals surface area (Å²) in [5.41, 5.74) is 0.214. The summed E-state index contributed by atoms with van der Waals surface area (Å²) in [5.74, 6) is 3.50. The van der Waals surface area contributed by atoms with Gasteiger partial charge in [-0.1, -0.05) is 15.9 Å². The van der Waals surface area contributed by atoms with Crippen LogP contribution in [0.5, 0.6) is 0 Å². The Kier molecular flexibility index (Phi) is 3.39. The van der Waals surface area contributed by atoms with Crippen LogP contribution in [0.1, 0.15) is 75.5 Å². The van der Waals surface area contributed by atoms with Gasteiger partial charge in [0.05, 0.1) is 6.54 Å². The number of amides is 1. The van der Waals surface area contributed by atoms with Crippen LogP contribution in [-0.2, 0) is 11.3 Å². The molecule has 5 fully saturated rings. The number of halogens is 1. The third-order valence-corrected chi connectivity index (χ3v) is 7.42. The number of carbonyl (C=O) groups is 1. The summed E-state index contributed by atoms with van der Waals surface area (Å²) < 4.78 is 5.93. The largest absolute Gasteiger partial charge is 0.423 e. The van der Waals surface area contributed by atoms with Crippen LogP contribution in [0, 0.1) is 17.3 Å². The molecule has 1 aromatic rings. The van der Waals surface area contributed by atoms with Crippen LogP contribution in [0.4, 0.5) is 0 Å². The molecule has 6 heteroatoms. The average Bonchev–Trinajstić information content (AvgIpc) is 3.21. The van der Waals surface area contributed by atoms with E-state index in [0.29, 0.717) is 29.1 Å². The molecule has 5 nitrogen and oxygen atoms in total. The van der Waals surface area contributed by atoms with Crippen LogP contribution in [0.3, 0.4) is 0 Å². The van der Waals surface area contributed by atoms with Crippen molar-refractivity contribution in [2.75, 3.05) is 0 Å². The van der Waals surface area contributed by atoms with Crippen LogP contribution in [-0.4, -0.2) is 20.4 Å². The van der Waals surface area contributed by atoms with Crippen molar-refractivity contribution in [2.45, 2.75) is 74.6 Å². The van der Waals surface area contributed by atoms with Crippen molar-refractivity contribution in [3.05, 3.63) is 11.8 Å². The summed E-state index contributed by atoms with van der Waals surface area (Å²) in [5, 5.41) is 11.1. The zero-order valence-electron chi connectivity index (χ0n) is 13.9. The standard InChI is InChI=1S/C18H24BrN3O2/c19-18-6-11-3-12(7-18)5-17(4-11,10-18)8-14(23)20-9-15-21-22-16(24-15)13-1-2-13/h11-13H,1-10H2,(H,20,23). The van der Waals surface area contributed by atoms with E-state index in [4.69, 9.17) is 4.42 Å². The highest BCUT2D eigenvalue weighted by Gasteiger charge is 2.57. The van der Waals surface area contributed by atoms with Crippen LogP contribution < -0.4 is 5.32 Å². The molecule has 130 valence electrons. The van der Waals surface area contributed by atoms with Gasteiger partial charge in [-0.05, 0) is 68.6 Å². The van der Waals surface area contributed by atoms with Crippen molar-refractivity contribution in [1.82, 2.24) is 15.5 Å². The second kappa shape index (κ2) is 5.29. The van der Waals surface area contributed by atoms with Crippen molar-refractivity contribution in [1.29, 1.82) is 0 Å². The molecule has 6 rings (SSSR count). The number of nitrogens with one attached hydrogen (secondary N) is 1. The Hall–Kier alpha value is -0.910. The lowest BCUT2D eigenvalue weighted by atomic mass is 9.48. The molecule has 1 aromatic heterocycles. The van der Waals surface area contributed by atoms with Crippen molar-refractivity contribution in [3.63, 3.8) is 0 Å². The Morgan fingerprint density at radius 2 is 1.96 bits per heavy atom. The van der Waals surface area contributed by atoms with Crippen LogP contribution in [0.15, 0.2) is 4.42 Å². The summed E-state index contributed by atoms with van der Waals surface area (Å²) in [4.78, 5) is 12.5. The summed E-state index contributed by atoms with van der Waals surface area (Å²) in [6, 6.07) is 0. The molecule has 0 aliphatic heterocycles. The molecule has 5 aliphatic carbocycles. The van der Waals surface area contributed by atoms with E-state index in [1.165, 1.54) is 32.1 Å². The number of carbonyl (C=O) groups excluding carboxylic acids is 1. The summed E-state index contributed by atoms with van der Waals surface area (Å²) in [6.45, 7) is 0.362. The maximum atomic E-state index is 12.5. The van der Waals surface area contributed by atoms with Gasteiger partial charge in [-0.15, -0.1) is 10.2 Å². The van der Waals surface area contributed by atoms with E-state index in [0.717, 1.165) is 37.0 Å². The van der Waals surface area contributed by atoms with E-state index < -0.39 is 0 Å². The van der Waals surface area contributed by atoms with E-state index in [1.807, 2.05) is 0 Å². The minimum atomic E-state index is 0.138. The van der Waals surface area contributed by atoms with E-state index in [-0.39, 0.29) is 11.3 Å². The fourth-order valence-corrected chi connectivity index (χ4v) is 7.46. The molecular weight excluding hydrogens is 370 g/mol. The molecule has 2 unspecified atom stereocenters. The zero-order valence-corrected chi connectivity index (χ0v) is 15.5. The summed E-state index contributed by atoms with van der Waals surface area (Å²) in [6.07, 6.45) is 10.6. The number of hydrogen-bond donors (Lipinski definition) is 1. The van der Waals surface area contributed by atoms with E-state index in [1.54, 1.807) is 0 Å². The third kappa shape index (κ3) is 2.80. The summed E-state index contributed by atoms with van der Waals surface area (Å²) in [7, 11) is 0. The SMILES string of the molecule is O=C(CC12CC3CC(CC(Br)(C3)C1)C2)NCc1nnc(C2CC2)o1. The number of aromatic nitrogens is 2. The Bertz CT molecular complexity index is 655. The van der Waals surface area contributed by atoms with E-state index in [9.17, 15) is 4.79 Å². The highest BCUT2D eigenvalue weighted by atomic mass is 79.9. The van der Waals surface area contributed by atoms with Crippen molar-refractivity contribution >= 4 is 21.8 Å². The molecule has 1 N–H and O–H groups in total. The van der Waals surface area contributed by atoms with Gasteiger partial charge < -0.3 is 9.73 Å². The van der Waals surface area contributed by atoms with E-state index >= 15 is 0 Å². The maximum absolute atomic E-state index is 12.5. The van der Waals surface area contributed by atoms with Gasteiger partial charge in [0, 0.05) is 16.7 Å². The molecule has 5 aliphatic rings. The minimum absolute atomic E-state index is 0.138. The maximum Gasteiger partial charge on any atom is 0.235 e. The molecule has 0 spiro atoms. The van der Waals surface area contributed by atoms with Gasteiger partial charge in [-0.2, -0.15) is 0 Å². The van der Waals surface area contributed by atoms with E-state index in [2.05, 4.69) is 31.4 Å². The Balaban J connectivity index is 1.20. The monoisotopic (exact) mass is 393 g/mol. The molecule has 4 bridgehead atoms. The molecule has 0 radical (unpaired) electrons. The van der Waals surface area contributed by atoms with Gasteiger partial charge in [0.1, 0.15) is 0 Å². The zero-order chi connectivity index (χ0) is 16.4. The van der Waals surface area contributed by atoms with Crippen LogP contribution >= 0.6 is 15.9 Å². The quantitative estimate of drug-likeness (QED) is 0.774. The molecule has 5 saturated carbocycles. The minimum Gasteiger partial charge on any atom is -0.423 e. The highest BCUT2D eigenvalue weighted by Crippen LogP contribution is 2.65. The first-order chi connectivity index (χ1) is 11.5. The lowest BCUT2D eigenvalue weighted by Gasteiger charge is -2.60. The average molecular weight is 394 g/mol. The fourth-order valence-electron chi connectivity index (χ4n) is 5.95. The number of rotatable bonds is 5. The predicted octanol–water partition coefficient (Wildman–Crippen LogP) is 3.69. The highest BCUT2D eigenvalue weighted by molar-refractivity contribution is 9.10. The molecular formula is C18H24BrN3O2. The lowest BCUT2D eigenvalue weighted by molar-refractivity contribution is -0.128. The van der Waals surface area contributed by atoms with Crippen molar-refractivity contribution in [2.24, 2.45) is 17.3 Å². The van der Waals surface area contributed by atoms with Gasteiger partial charge in [-0.3, -0.25) is 4.79 Å². The number of nitrogens with zero attached hydrogens (tertiary/aromatic N) is 2. The first-order valence-electron chi connectivity index (χ1n) is 9.29. The lowest BCUT2D eigenvalue weighted by Crippen LogP contribution is -2.54. The fraction of sp³-hybridized carbons (Fsp3) is 0.833. The van der Waals surface area contributed by atoms with Crippen LogP contribution in [0.25, 0.3) is 0 Å². The normalized spacial score (nSPS) is 40.0. The van der Waals surface area contributed by atoms with Gasteiger partial charge in [-0.25, -0.2) is 0 Å². The Morgan fingerprint density at radius 3 is 2.62 bits per heavy atom. The molecule has 0 aromatic carbocycles. The topological polar surface area (TPSA) is 68.0 Å². The number of hydrogen-bond acceptors (Lipinski definition) is 4. The first-order valence-corrected chi connectivity index (χ1v) is 10.1. The van der Waals surface area contributed by atoms with Crippen LogP contribution in [0.2, 0.25) is 0 Å². The van der Waals surface area contributed by atoms with Gasteiger partial charge >= 0.3 is 0 Å². The number of alkyl halides is 1.